The topological polar surface area (TPSA) is 53.0 Å². The summed E-state index contributed by atoms with van der Waals surface area (Å²) in [6.45, 7) is 4.19. The Labute approximate surface area is 155 Å². The van der Waals surface area contributed by atoms with Crippen LogP contribution in [0.15, 0.2) is 24.3 Å². The third-order valence-electron chi connectivity index (χ3n) is 6.24. The number of benzene rings is 1. The van der Waals surface area contributed by atoms with Gasteiger partial charge in [-0.1, -0.05) is 18.6 Å². The summed E-state index contributed by atoms with van der Waals surface area (Å²) in [7, 11) is 0. The van der Waals surface area contributed by atoms with E-state index in [0.717, 1.165) is 44.8 Å². The lowest BCUT2D eigenvalue weighted by atomic mass is 9.84. The normalized spacial score (nSPS) is 26.4. The number of nitrogens with zero attached hydrogens (tertiary/aromatic N) is 2. The second-order valence-corrected chi connectivity index (χ2v) is 8.12. The van der Waals surface area contributed by atoms with Gasteiger partial charge < -0.3 is 14.7 Å². The van der Waals surface area contributed by atoms with Crippen molar-refractivity contribution in [3.63, 3.8) is 0 Å². The molecule has 3 heterocycles. The van der Waals surface area contributed by atoms with Crippen molar-refractivity contribution in [3.05, 3.63) is 29.8 Å². The largest absolute Gasteiger partial charge is 0.491 e. The van der Waals surface area contributed by atoms with Gasteiger partial charge in [-0.25, -0.2) is 0 Å². The number of aliphatic hydroxyl groups is 1. The predicted molar refractivity (Wildman–Crippen MR) is 99.9 cm³/mol. The SMILES string of the molecule is O=C(C1CCC1)N1C[C@@H]2CC[C@H](C1)N(Cc1cccc(OCCO)c1)C2. The number of hydrogen-bond acceptors (Lipinski definition) is 4. The molecule has 5 heteroatoms. The first-order valence-electron chi connectivity index (χ1n) is 10.1. The van der Waals surface area contributed by atoms with Gasteiger partial charge in [-0.3, -0.25) is 9.69 Å². The minimum absolute atomic E-state index is 0.0327. The van der Waals surface area contributed by atoms with Crippen LogP contribution < -0.4 is 4.74 Å². The highest BCUT2D eigenvalue weighted by Crippen LogP contribution is 2.33. The second-order valence-electron chi connectivity index (χ2n) is 8.12. The molecule has 1 aliphatic carbocycles. The summed E-state index contributed by atoms with van der Waals surface area (Å²) in [6.07, 6.45) is 5.84. The molecule has 4 aliphatic rings. The molecule has 26 heavy (non-hydrogen) atoms. The van der Waals surface area contributed by atoms with Crippen LogP contribution in [0.1, 0.15) is 37.7 Å². The van der Waals surface area contributed by atoms with Crippen molar-refractivity contribution in [1.29, 1.82) is 0 Å². The molecule has 0 spiro atoms. The zero-order valence-electron chi connectivity index (χ0n) is 15.5. The highest BCUT2D eigenvalue weighted by Gasteiger charge is 2.39. The van der Waals surface area contributed by atoms with Crippen LogP contribution in [0.5, 0.6) is 5.75 Å². The Morgan fingerprint density at radius 3 is 2.81 bits per heavy atom. The summed E-state index contributed by atoms with van der Waals surface area (Å²) in [6, 6.07) is 8.64. The van der Waals surface area contributed by atoms with Gasteiger partial charge in [-0.05, 0) is 49.3 Å². The lowest BCUT2D eigenvalue weighted by Gasteiger charge is -2.36. The zero-order valence-corrected chi connectivity index (χ0v) is 15.5. The number of carbonyl (C=O) groups is 1. The van der Waals surface area contributed by atoms with Crippen LogP contribution in [0.4, 0.5) is 0 Å². The van der Waals surface area contributed by atoms with E-state index < -0.39 is 0 Å². The van der Waals surface area contributed by atoms with Gasteiger partial charge in [0.05, 0.1) is 6.61 Å². The van der Waals surface area contributed by atoms with E-state index in [9.17, 15) is 4.79 Å². The number of ether oxygens (including phenoxy) is 1. The number of piperidine rings is 1. The van der Waals surface area contributed by atoms with Crippen LogP contribution in [0.25, 0.3) is 0 Å². The summed E-state index contributed by atoms with van der Waals surface area (Å²) in [5, 5.41) is 8.93. The summed E-state index contributed by atoms with van der Waals surface area (Å²) >= 11 is 0. The molecule has 1 aromatic rings. The molecule has 5 nitrogen and oxygen atoms in total. The Bertz CT molecular complexity index is 631. The lowest BCUT2D eigenvalue weighted by Crippen LogP contribution is -2.45. The van der Waals surface area contributed by atoms with Crippen LogP contribution >= 0.6 is 0 Å². The molecule has 3 aliphatic heterocycles. The summed E-state index contributed by atoms with van der Waals surface area (Å²) in [5.74, 6) is 2.14. The van der Waals surface area contributed by atoms with E-state index in [2.05, 4.69) is 21.9 Å². The predicted octanol–water partition coefficient (Wildman–Crippen LogP) is 2.28. The molecule has 1 aromatic carbocycles. The van der Waals surface area contributed by atoms with Gasteiger partial charge >= 0.3 is 0 Å². The number of carbonyl (C=O) groups excluding carboxylic acids is 1. The van der Waals surface area contributed by atoms with Gasteiger partial charge in [0.2, 0.25) is 5.91 Å². The fourth-order valence-electron chi connectivity index (χ4n) is 4.60. The smallest absolute Gasteiger partial charge is 0.225 e. The number of aliphatic hydroxyl groups excluding tert-OH is 1. The molecule has 0 aromatic heterocycles. The monoisotopic (exact) mass is 358 g/mol. The van der Waals surface area contributed by atoms with Crippen molar-refractivity contribution in [1.82, 2.24) is 9.80 Å². The van der Waals surface area contributed by atoms with Gasteiger partial charge in [0.25, 0.3) is 0 Å². The molecule has 2 bridgehead atoms. The third-order valence-corrected chi connectivity index (χ3v) is 6.24. The van der Waals surface area contributed by atoms with E-state index >= 15 is 0 Å². The van der Waals surface area contributed by atoms with E-state index in [1.807, 2.05) is 12.1 Å². The van der Waals surface area contributed by atoms with Crippen LogP contribution in [-0.2, 0) is 11.3 Å². The Hall–Kier alpha value is -1.59. The van der Waals surface area contributed by atoms with Crippen molar-refractivity contribution in [2.45, 2.75) is 44.7 Å². The van der Waals surface area contributed by atoms with Crippen molar-refractivity contribution in [2.24, 2.45) is 11.8 Å². The van der Waals surface area contributed by atoms with E-state index in [1.54, 1.807) is 0 Å². The van der Waals surface area contributed by atoms with E-state index in [-0.39, 0.29) is 6.61 Å². The van der Waals surface area contributed by atoms with Gasteiger partial charge in [-0.15, -0.1) is 0 Å². The summed E-state index contributed by atoms with van der Waals surface area (Å²) in [5.41, 5.74) is 1.24. The van der Waals surface area contributed by atoms with Crippen molar-refractivity contribution in [3.8, 4) is 5.75 Å². The van der Waals surface area contributed by atoms with Gasteiger partial charge in [0.1, 0.15) is 12.4 Å². The number of amides is 1. The number of rotatable bonds is 6. The molecule has 142 valence electrons. The van der Waals surface area contributed by atoms with Crippen LogP contribution in [0.3, 0.4) is 0 Å². The highest BCUT2D eigenvalue weighted by atomic mass is 16.5. The Morgan fingerprint density at radius 1 is 1.15 bits per heavy atom. The average molecular weight is 358 g/mol. The first-order valence-corrected chi connectivity index (χ1v) is 10.1. The quantitative estimate of drug-likeness (QED) is 0.848. The Kier molecular flexibility index (Phi) is 5.46. The molecule has 1 N–H and O–H groups in total. The van der Waals surface area contributed by atoms with E-state index in [4.69, 9.17) is 9.84 Å². The molecule has 0 unspecified atom stereocenters. The fraction of sp³-hybridized carbons (Fsp3) is 0.667. The fourth-order valence-corrected chi connectivity index (χ4v) is 4.60. The molecule has 1 amide bonds. The first-order chi connectivity index (χ1) is 12.7. The molecule has 2 atom stereocenters. The lowest BCUT2D eigenvalue weighted by molar-refractivity contribution is -0.138. The molecule has 3 saturated heterocycles. The van der Waals surface area contributed by atoms with Gasteiger partial charge in [-0.2, -0.15) is 0 Å². The van der Waals surface area contributed by atoms with Gasteiger partial charge in [0, 0.05) is 38.1 Å². The molecule has 1 saturated carbocycles. The minimum Gasteiger partial charge on any atom is -0.491 e. The first kappa shape index (κ1) is 17.8. The molecular formula is C21H30N2O3. The van der Waals surface area contributed by atoms with Crippen molar-refractivity contribution < 1.29 is 14.6 Å². The zero-order chi connectivity index (χ0) is 17.9. The molecule has 0 radical (unpaired) electrons. The molecule has 5 rings (SSSR count). The second kappa shape index (κ2) is 7.97. The van der Waals surface area contributed by atoms with Crippen LogP contribution in [-0.4, -0.2) is 59.7 Å². The Morgan fingerprint density at radius 2 is 2.04 bits per heavy atom. The van der Waals surface area contributed by atoms with Crippen LogP contribution in [0, 0.1) is 11.8 Å². The maximum absolute atomic E-state index is 12.7. The summed E-state index contributed by atoms with van der Waals surface area (Å²) in [4.78, 5) is 17.5. The standard InChI is InChI=1S/C21H30N2O3/c24-9-10-26-20-6-1-3-16(11-20)12-22-13-17-7-8-19(22)15-23(14-17)21(25)18-4-2-5-18/h1,3,6,11,17-19,24H,2,4-5,7-10,12-15H2/t17-,19-/m1/s1. The van der Waals surface area contributed by atoms with Crippen molar-refractivity contribution >= 4 is 5.91 Å². The van der Waals surface area contributed by atoms with Gasteiger partial charge in [0.15, 0.2) is 0 Å². The van der Waals surface area contributed by atoms with Crippen LogP contribution in [0.2, 0.25) is 0 Å². The average Bonchev–Trinajstić information content (AvgIpc) is 2.91. The van der Waals surface area contributed by atoms with E-state index in [1.165, 1.54) is 24.8 Å². The molecular weight excluding hydrogens is 328 g/mol. The highest BCUT2D eigenvalue weighted by molar-refractivity contribution is 5.79. The maximum Gasteiger partial charge on any atom is 0.225 e. The third kappa shape index (κ3) is 3.89. The maximum atomic E-state index is 12.7. The van der Waals surface area contributed by atoms with Crippen molar-refractivity contribution in [2.75, 3.05) is 32.8 Å². The minimum atomic E-state index is 0.0327. The number of fused-ring (bicyclic) bond motifs is 4. The van der Waals surface area contributed by atoms with E-state index in [0.29, 0.717) is 30.4 Å². The number of hydrogen-bond donors (Lipinski definition) is 1. The molecule has 4 fully saturated rings. The summed E-state index contributed by atoms with van der Waals surface area (Å²) < 4.78 is 5.54. The Balaban J connectivity index is 1.41.